The third kappa shape index (κ3) is 5.34. The highest BCUT2D eigenvalue weighted by molar-refractivity contribution is 6.66. The summed E-state index contributed by atoms with van der Waals surface area (Å²) in [5, 5.41) is 9.66. The van der Waals surface area contributed by atoms with Crippen molar-refractivity contribution in [2.45, 2.75) is 8.31 Å². The second-order valence-electron chi connectivity index (χ2n) is 4.49. The largest absolute Gasteiger partial charge is 0.497 e. The minimum atomic E-state index is -2.35. The van der Waals surface area contributed by atoms with E-state index in [0.717, 1.165) is 11.3 Å². The summed E-state index contributed by atoms with van der Waals surface area (Å²) in [4.78, 5) is 11.7. The van der Waals surface area contributed by atoms with E-state index in [1.165, 1.54) is 6.08 Å². The van der Waals surface area contributed by atoms with E-state index in [4.69, 9.17) is 62.7 Å². The first kappa shape index (κ1) is 19.5. The van der Waals surface area contributed by atoms with E-state index in [-0.39, 0.29) is 17.5 Å². The maximum atomic E-state index is 9.66. The molecular weight excluding hydrogens is 419 g/mol. The number of aliphatic hydroxyl groups is 1. The first-order valence-electron chi connectivity index (χ1n) is 6.35. The summed E-state index contributed by atoms with van der Waals surface area (Å²) >= 11 is 28.5. The van der Waals surface area contributed by atoms with Crippen LogP contribution in [0.25, 0.3) is 12.2 Å². The van der Waals surface area contributed by atoms with Gasteiger partial charge < -0.3 is 9.84 Å². The number of aromatic nitrogens is 3. The minimum absolute atomic E-state index is 0.108. The summed E-state index contributed by atoms with van der Waals surface area (Å²) in [6, 6.07) is 7.24. The molecule has 5 nitrogen and oxygen atoms in total. The summed E-state index contributed by atoms with van der Waals surface area (Å²) < 4.78 is 0.798. The SMILES string of the molecule is COc1ccc(/C=C/c2nc(C(O)(Cl)Cl)nc(C(Cl)(Cl)Cl)n2)cc1. The Morgan fingerprint density at radius 3 is 2.00 bits per heavy atom. The van der Waals surface area contributed by atoms with E-state index < -0.39 is 8.31 Å². The molecule has 0 spiro atoms. The number of hydrogen-bond acceptors (Lipinski definition) is 5. The average Bonchev–Trinajstić information content (AvgIpc) is 2.51. The van der Waals surface area contributed by atoms with Crippen LogP contribution in [0.15, 0.2) is 24.3 Å². The Bertz CT molecular complexity index is 707. The molecule has 0 aliphatic rings. The van der Waals surface area contributed by atoms with E-state index in [9.17, 15) is 5.11 Å². The molecular formula is C14H10Cl5N3O2. The lowest BCUT2D eigenvalue weighted by Crippen LogP contribution is -2.20. The Kier molecular flexibility index (Phi) is 6.18. The molecule has 0 amide bonds. The minimum Gasteiger partial charge on any atom is -0.497 e. The maximum Gasteiger partial charge on any atom is 0.277 e. The second kappa shape index (κ2) is 7.60. The first-order valence-corrected chi connectivity index (χ1v) is 8.24. The van der Waals surface area contributed by atoms with Gasteiger partial charge in [0.15, 0.2) is 17.5 Å². The van der Waals surface area contributed by atoms with Gasteiger partial charge >= 0.3 is 0 Å². The fraction of sp³-hybridized carbons (Fsp3) is 0.214. The van der Waals surface area contributed by atoms with E-state index in [0.29, 0.717) is 0 Å². The molecule has 1 aromatic carbocycles. The number of benzene rings is 1. The van der Waals surface area contributed by atoms with Gasteiger partial charge in [-0.3, -0.25) is 0 Å². The predicted octanol–water partition coefficient (Wildman–Crippen LogP) is 4.46. The van der Waals surface area contributed by atoms with Gasteiger partial charge in [0, 0.05) is 0 Å². The third-order valence-electron chi connectivity index (χ3n) is 2.72. The lowest BCUT2D eigenvalue weighted by atomic mass is 10.2. The fourth-order valence-corrected chi connectivity index (χ4v) is 2.04. The van der Waals surface area contributed by atoms with Gasteiger partial charge in [-0.1, -0.05) is 76.2 Å². The Labute approximate surface area is 163 Å². The molecule has 0 aliphatic heterocycles. The van der Waals surface area contributed by atoms with Crippen LogP contribution in [0.4, 0.5) is 0 Å². The van der Waals surface area contributed by atoms with Crippen LogP contribution in [0.1, 0.15) is 23.0 Å². The number of alkyl halides is 5. The fourth-order valence-electron chi connectivity index (χ4n) is 1.61. The molecule has 0 fully saturated rings. The zero-order chi connectivity index (χ0) is 18.0. The molecule has 0 saturated heterocycles. The number of hydrogen-bond donors (Lipinski definition) is 1. The topological polar surface area (TPSA) is 68.1 Å². The zero-order valence-corrected chi connectivity index (χ0v) is 15.8. The number of nitrogens with zero attached hydrogens (tertiary/aromatic N) is 3. The Balaban J connectivity index is 2.39. The lowest BCUT2D eigenvalue weighted by molar-refractivity contribution is 0.207. The Morgan fingerprint density at radius 1 is 0.917 bits per heavy atom. The van der Waals surface area contributed by atoms with Crippen molar-refractivity contribution in [3.63, 3.8) is 0 Å². The van der Waals surface area contributed by atoms with Crippen molar-refractivity contribution in [2.24, 2.45) is 0 Å². The van der Waals surface area contributed by atoms with Crippen molar-refractivity contribution in [1.29, 1.82) is 0 Å². The van der Waals surface area contributed by atoms with Crippen LogP contribution in [-0.4, -0.2) is 27.2 Å². The summed E-state index contributed by atoms with van der Waals surface area (Å²) in [6.07, 6.45) is 3.24. The molecule has 0 atom stereocenters. The summed E-state index contributed by atoms with van der Waals surface area (Å²) in [5.41, 5.74) is 0.847. The standard InChI is InChI=1S/C14H10Cl5N3O2/c1-24-9-5-2-8(3-6-9)4-7-10-20-11(13(15,16)17)22-12(21-10)14(18,19)23/h2-7,23H,1H3/b7-4+. The van der Waals surface area contributed by atoms with Crippen molar-refractivity contribution >= 4 is 70.2 Å². The highest BCUT2D eigenvalue weighted by atomic mass is 35.6. The van der Waals surface area contributed by atoms with Crippen molar-refractivity contribution in [3.8, 4) is 5.75 Å². The molecule has 2 rings (SSSR count). The van der Waals surface area contributed by atoms with Gasteiger partial charge in [0.2, 0.25) is 3.79 Å². The highest BCUT2D eigenvalue weighted by Gasteiger charge is 2.33. The summed E-state index contributed by atoms with van der Waals surface area (Å²) in [5.74, 6) is 0.266. The third-order valence-corrected chi connectivity index (χ3v) is 3.56. The van der Waals surface area contributed by atoms with Crippen molar-refractivity contribution in [3.05, 3.63) is 47.3 Å². The monoisotopic (exact) mass is 427 g/mol. The van der Waals surface area contributed by atoms with Crippen LogP contribution >= 0.6 is 58.0 Å². The molecule has 10 heteroatoms. The second-order valence-corrected chi connectivity index (χ2v) is 8.06. The van der Waals surface area contributed by atoms with Gasteiger partial charge in [0.05, 0.1) is 7.11 Å². The summed E-state index contributed by atoms with van der Waals surface area (Å²) in [6.45, 7) is 0. The molecule has 0 bridgehead atoms. The smallest absolute Gasteiger partial charge is 0.277 e. The predicted molar refractivity (Wildman–Crippen MR) is 96.6 cm³/mol. The van der Waals surface area contributed by atoms with Crippen LogP contribution in [0, 0.1) is 0 Å². The van der Waals surface area contributed by atoms with Crippen molar-refractivity contribution in [2.75, 3.05) is 7.11 Å². The molecule has 1 heterocycles. The Morgan fingerprint density at radius 2 is 1.50 bits per heavy atom. The van der Waals surface area contributed by atoms with Crippen molar-refractivity contribution < 1.29 is 9.84 Å². The molecule has 1 N–H and O–H groups in total. The van der Waals surface area contributed by atoms with Crippen molar-refractivity contribution in [1.82, 2.24) is 15.0 Å². The molecule has 24 heavy (non-hydrogen) atoms. The average molecular weight is 430 g/mol. The number of methoxy groups -OCH3 is 1. The van der Waals surface area contributed by atoms with Crippen LogP contribution in [0.2, 0.25) is 0 Å². The zero-order valence-electron chi connectivity index (χ0n) is 12.1. The molecule has 0 radical (unpaired) electrons. The summed E-state index contributed by atoms with van der Waals surface area (Å²) in [7, 11) is 1.58. The molecule has 0 aliphatic carbocycles. The van der Waals surface area contributed by atoms with Crippen LogP contribution in [-0.2, 0) is 8.31 Å². The molecule has 2 aromatic rings. The van der Waals surface area contributed by atoms with Gasteiger partial charge in [0.1, 0.15) is 5.75 Å². The van der Waals surface area contributed by atoms with Gasteiger partial charge in [0.25, 0.3) is 4.52 Å². The van der Waals surface area contributed by atoms with E-state index in [1.807, 2.05) is 12.1 Å². The normalized spacial score (nSPS) is 12.6. The number of ether oxygens (including phenoxy) is 1. The van der Waals surface area contributed by atoms with Gasteiger partial charge in [-0.05, 0) is 23.8 Å². The number of halogens is 5. The molecule has 0 saturated carbocycles. The van der Waals surface area contributed by atoms with E-state index in [1.54, 1.807) is 25.3 Å². The van der Waals surface area contributed by atoms with Crippen LogP contribution in [0.5, 0.6) is 5.75 Å². The van der Waals surface area contributed by atoms with E-state index >= 15 is 0 Å². The molecule has 0 unspecified atom stereocenters. The number of rotatable bonds is 4. The van der Waals surface area contributed by atoms with Gasteiger partial charge in [-0.25, -0.2) is 15.0 Å². The maximum absolute atomic E-state index is 9.66. The molecule has 128 valence electrons. The highest BCUT2D eigenvalue weighted by Crippen LogP contribution is 2.37. The van der Waals surface area contributed by atoms with Crippen LogP contribution < -0.4 is 4.74 Å². The Hall–Kier alpha value is -0.820. The van der Waals surface area contributed by atoms with Crippen LogP contribution in [0.3, 0.4) is 0 Å². The lowest BCUT2D eigenvalue weighted by Gasteiger charge is -2.15. The van der Waals surface area contributed by atoms with Gasteiger partial charge in [-0.2, -0.15) is 0 Å². The van der Waals surface area contributed by atoms with Gasteiger partial charge in [-0.15, -0.1) is 0 Å². The molecule has 1 aromatic heterocycles. The first-order chi connectivity index (χ1) is 11.1. The van der Waals surface area contributed by atoms with E-state index in [2.05, 4.69) is 15.0 Å². The quantitative estimate of drug-likeness (QED) is 0.727.